The molecule has 0 heterocycles. The summed E-state index contributed by atoms with van der Waals surface area (Å²) in [5, 5.41) is 14.2. The molecule has 0 aliphatic heterocycles. The summed E-state index contributed by atoms with van der Waals surface area (Å²) < 4.78 is 0. The maximum absolute atomic E-state index is 11.9. The predicted octanol–water partition coefficient (Wildman–Crippen LogP) is 1.34. The Hall–Kier alpha value is -2.14. The molecule has 3 N–H and O–H groups in total. The zero-order valence-corrected chi connectivity index (χ0v) is 12.4. The highest BCUT2D eigenvalue weighted by molar-refractivity contribution is 5.94. The van der Waals surface area contributed by atoms with Crippen LogP contribution in [0.4, 0.5) is 0 Å². The van der Waals surface area contributed by atoms with Crippen molar-refractivity contribution in [1.29, 1.82) is 0 Å². The molecule has 0 spiro atoms. The van der Waals surface area contributed by atoms with Crippen LogP contribution in [0.2, 0.25) is 0 Å². The summed E-state index contributed by atoms with van der Waals surface area (Å²) in [6.07, 6.45) is 4.89. The molecule has 1 aromatic rings. The van der Waals surface area contributed by atoms with Crippen molar-refractivity contribution in [1.82, 2.24) is 10.6 Å². The van der Waals surface area contributed by atoms with Gasteiger partial charge in [-0.25, -0.2) is 0 Å². The molecule has 0 aromatic heterocycles. The summed E-state index contributed by atoms with van der Waals surface area (Å²) in [7, 11) is 1.61. The van der Waals surface area contributed by atoms with Crippen molar-refractivity contribution >= 4 is 17.9 Å². The molecule has 0 fully saturated rings. The molecule has 0 radical (unpaired) electrons. The first-order valence-electron chi connectivity index (χ1n) is 6.95. The van der Waals surface area contributed by atoms with E-state index < -0.39 is 0 Å². The highest BCUT2D eigenvalue weighted by Gasteiger charge is 2.08. The Morgan fingerprint density at radius 2 is 2.14 bits per heavy atom. The lowest BCUT2D eigenvalue weighted by Crippen LogP contribution is -2.34. The summed E-state index contributed by atoms with van der Waals surface area (Å²) >= 11 is 0. The van der Waals surface area contributed by atoms with Gasteiger partial charge in [0.15, 0.2) is 0 Å². The zero-order valence-electron chi connectivity index (χ0n) is 12.4. The van der Waals surface area contributed by atoms with Crippen molar-refractivity contribution in [3.63, 3.8) is 0 Å². The number of carbonyl (C=O) groups is 2. The Kier molecular flexibility index (Phi) is 7.18. The lowest BCUT2D eigenvalue weighted by atomic mass is 10.1. The van der Waals surface area contributed by atoms with Crippen LogP contribution in [-0.4, -0.2) is 36.6 Å². The molecular weight excluding hydrogens is 268 g/mol. The minimum atomic E-state index is -0.274. The minimum absolute atomic E-state index is 0.00534. The highest BCUT2D eigenvalue weighted by Crippen LogP contribution is 2.08. The summed E-state index contributed by atoms with van der Waals surface area (Å²) in [6, 6.07) is 6.92. The van der Waals surface area contributed by atoms with Gasteiger partial charge in [-0.05, 0) is 31.0 Å². The Balaban J connectivity index is 2.61. The van der Waals surface area contributed by atoms with E-state index in [2.05, 4.69) is 10.6 Å². The van der Waals surface area contributed by atoms with E-state index in [9.17, 15) is 9.59 Å². The molecule has 21 heavy (non-hydrogen) atoms. The third-order valence-corrected chi connectivity index (χ3v) is 2.93. The molecule has 5 heteroatoms. The van der Waals surface area contributed by atoms with Gasteiger partial charge in [-0.15, -0.1) is 0 Å². The topological polar surface area (TPSA) is 78.4 Å². The number of rotatable bonds is 7. The van der Waals surface area contributed by atoms with E-state index in [1.807, 2.05) is 18.2 Å². The van der Waals surface area contributed by atoms with E-state index in [4.69, 9.17) is 5.11 Å². The van der Waals surface area contributed by atoms with Gasteiger partial charge in [-0.3, -0.25) is 9.59 Å². The van der Waals surface area contributed by atoms with E-state index in [1.54, 1.807) is 32.2 Å². The van der Waals surface area contributed by atoms with Crippen LogP contribution in [0, 0.1) is 0 Å². The van der Waals surface area contributed by atoms with Crippen LogP contribution in [0.5, 0.6) is 0 Å². The number of hydrogen-bond acceptors (Lipinski definition) is 3. The fourth-order valence-electron chi connectivity index (χ4n) is 1.70. The van der Waals surface area contributed by atoms with Gasteiger partial charge in [0.1, 0.15) is 0 Å². The number of nitrogens with one attached hydrogen (secondary N) is 2. The first-order chi connectivity index (χ1) is 10.1. The lowest BCUT2D eigenvalue weighted by molar-refractivity contribution is -0.120. The summed E-state index contributed by atoms with van der Waals surface area (Å²) in [5.74, 6) is -0.206. The third kappa shape index (κ3) is 6.23. The molecule has 1 aromatic carbocycles. The van der Waals surface area contributed by atoms with Crippen LogP contribution < -0.4 is 10.6 Å². The van der Waals surface area contributed by atoms with Gasteiger partial charge in [0, 0.05) is 25.1 Å². The first-order valence-corrected chi connectivity index (χ1v) is 6.95. The molecule has 1 atom stereocenters. The molecule has 1 unspecified atom stereocenters. The van der Waals surface area contributed by atoms with Crippen LogP contribution >= 0.6 is 0 Å². The molecular formula is C16H22N2O3. The molecule has 0 aliphatic rings. The Labute approximate surface area is 125 Å². The molecule has 0 saturated carbocycles. The normalized spacial score (nSPS) is 12.1. The number of aliphatic hydroxyl groups is 1. The molecule has 0 aliphatic carbocycles. The fourth-order valence-corrected chi connectivity index (χ4v) is 1.70. The molecule has 0 bridgehead atoms. The van der Waals surface area contributed by atoms with E-state index in [0.29, 0.717) is 18.4 Å². The van der Waals surface area contributed by atoms with E-state index >= 15 is 0 Å². The predicted molar refractivity (Wildman–Crippen MR) is 82.8 cm³/mol. The number of amides is 2. The zero-order chi connectivity index (χ0) is 15.7. The van der Waals surface area contributed by atoms with Gasteiger partial charge < -0.3 is 15.7 Å². The fraction of sp³-hybridized carbons (Fsp3) is 0.375. The second-order valence-corrected chi connectivity index (χ2v) is 4.80. The van der Waals surface area contributed by atoms with Crippen LogP contribution in [0.15, 0.2) is 30.3 Å². The van der Waals surface area contributed by atoms with E-state index in [-0.39, 0.29) is 24.5 Å². The van der Waals surface area contributed by atoms with Crippen LogP contribution in [0.25, 0.3) is 6.08 Å². The second kappa shape index (κ2) is 8.92. The van der Waals surface area contributed by atoms with Gasteiger partial charge in [-0.1, -0.05) is 24.3 Å². The number of aliphatic hydroxyl groups excluding tert-OH is 1. The molecule has 0 saturated heterocycles. The maximum atomic E-state index is 11.9. The van der Waals surface area contributed by atoms with Gasteiger partial charge in [0.05, 0.1) is 6.61 Å². The van der Waals surface area contributed by atoms with Crippen LogP contribution in [-0.2, 0) is 4.79 Å². The average molecular weight is 290 g/mol. The second-order valence-electron chi connectivity index (χ2n) is 4.80. The Morgan fingerprint density at radius 1 is 1.38 bits per heavy atom. The standard InChI is InChI=1S/C16H22N2O3/c1-12(11-19)18-16(21)14-8-5-7-13(10-14)6-3-4-9-15(20)17-2/h3,5-8,10,12,19H,4,9,11H2,1-2H3,(H,17,20)(H,18,21)/b6-3-. The highest BCUT2D eigenvalue weighted by atomic mass is 16.3. The van der Waals surface area contributed by atoms with Crippen molar-refractivity contribution in [2.45, 2.75) is 25.8 Å². The SMILES string of the molecule is CNC(=O)CC/C=C\c1cccc(C(=O)NC(C)CO)c1. The van der Waals surface area contributed by atoms with E-state index in [0.717, 1.165) is 5.56 Å². The Bertz CT molecular complexity index is 512. The summed E-state index contributed by atoms with van der Waals surface area (Å²) in [6.45, 7) is 1.64. The van der Waals surface area contributed by atoms with Gasteiger partial charge in [0.2, 0.25) is 5.91 Å². The van der Waals surface area contributed by atoms with Gasteiger partial charge >= 0.3 is 0 Å². The van der Waals surface area contributed by atoms with Crippen molar-refractivity contribution < 1.29 is 14.7 Å². The van der Waals surface area contributed by atoms with Gasteiger partial charge in [0.25, 0.3) is 5.91 Å². The average Bonchev–Trinajstić information content (AvgIpc) is 2.51. The largest absolute Gasteiger partial charge is 0.394 e. The Morgan fingerprint density at radius 3 is 2.81 bits per heavy atom. The van der Waals surface area contributed by atoms with Crippen molar-refractivity contribution in [3.8, 4) is 0 Å². The van der Waals surface area contributed by atoms with Crippen molar-refractivity contribution in [2.75, 3.05) is 13.7 Å². The smallest absolute Gasteiger partial charge is 0.251 e. The van der Waals surface area contributed by atoms with Crippen molar-refractivity contribution in [3.05, 3.63) is 41.5 Å². The molecule has 1 rings (SSSR count). The van der Waals surface area contributed by atoms with Crippen LogP contribution in [0.3, 0.4) is 0 Å². The summed E-state index contributed by atoms with van der Waals surface area (Å²) in [5.41, 5.74) is 1.44. The van der Waals surface area contributed by atoms with Crippen molar-refractivity contribution in [2.24, 2.45) is 0 Å². The number of carbonyl (C=O) groups excluding carboxylic acids is 2. The maximum Gasteiger partial charge on any atom is 0.251 e. The number of hydrogen-bond donors (Lipinski definition) is 3. The monoisotopic (exact) mass is 290 g/mol. The van der Waals surface area contributed by atoms with Crippen LogP contribution in [0.1, 0.15) is 35.7 Å². The van der Waals surface area contributed by atoms with E-state index in [1.165, 1.54) is 0 Å². The van der Waals surface area contributed by atoms with Gasteiger partial charge in [-0.2, -0.15) is 0 Å². The molecule has 114 valence electrons. The first kappa shape index (κ1) is 16.9. The molecule has 2 amide bonds. The number of allylic oxidation sites excluding steroid dienone is 1. The molecule has 5 nitrogen and oxygen atoms in total. The lowest BCUT2D eigenvalue weighted by Gasteiger charge is -2.10. The quantitative estimate of drug-likeness (QED) is 0.709. The number of benzene rings is 1. The summed E-state index contributed by atoms with van der Waals surface area (Å²) in [4.78, 5) is 23.0. The third-order valence-electron chi connectivity index (χ3n) is 2.93. The minimum Gasteiger partial charge on any atom is -0.394 e.